The Labute approximate surface area is 125 Å². The fourth-order valence-corrected chi connectivity index (χ4v) is 2.59. The van der Waals surface area contributed by atoms with Crippen molar-refractivity contribution < 1.29 is 9.72 Å². The molecule has 0 saturated carbocycles. The zero-order valence-corrected chi connectivity index (χ0v) is 12.1. The Bertz CT molecular complexity index is 652. The van der Waals surface area contributed by atoms with Crippen LogP contribution < -0.4 is 0 Å². The zero-order chi connectivity index (χ0) is 14.9. The molecule has 1 aliphatic rings. The van der Waals surface area contributed by atoms with Crippen LogP contribution in [0.15, 0.2) is 47.0 Å². The first kappa shape index (κ1) is 14.8. The number of Topliss-reactive ketones (excluding diaryl/α,β-unsaturated/α-hetero) is 1. The molecule has 1 aliphatic carbocycles. The summed E-state index contributed by atoms with van der Waals surface area (Å²) in [6.07, 6.45) is 2.33. The molecule has 0 radical (unpaired) electrons. The van der Waals surface area contributed by atoms with Crippen LogP contribution in [0.4, 0.5) is 0 Å². The van der Waals surface area contributed by atoms with Crippen molar-refractivity contribution in [2.45, 2.75) is 18.3 Å². The van der Waals surface area contributed by atoms with Gasteiger partial charge >= 0.3 is 5.00 Å². The molecule has 0 bridgehead atoms. The highest BCUT2D eigenvalue weighted by atomic mass is 35.5. The summed E-state index contributed by atoms with van der Waals surface area (Å²) in [4.78, 5) is 20.9. The van der Waals surface area contributed by atoms with Crippen molar-refractivity contribution in [1.82, 2.24) is 0 Å². The number of hydrogen-bond acceptors (Lipinski definition) is 3. The van der Waals surface area contributed by atoms with Gasteiger partial charge in [-0.05, 0) is 30.2 Å². The maximum atomic E-state index is 12.4. The van der Waals surface area contributed by atoms with E-state index in [2.05, 4.69) is 0 Å². The minimum Gasteiger partial charge on any atom is -0.289 e. The summed E-state index contributed by atoms with van der Waals surface area (Å²) in [7, 11) is 0. The van der Waals surface area contributed by atoms with Crippen LogP contribution in [-0.2, 0) is 0 Å². The average Bonchev–Trinajstić information content (AvgIpc) is 2.38. The second-order valence-corrected chi connectivity index (χ2v) is 5.66. The van der Waals surface area contributed by atoms with Crippen molar-refractivity contribution in [2.24, 2.45) is 0 Å². The number of allylic oxidation sites excluding steroid dienone is 2. The fraction of sp³-hybridized carbons (Fsp3) is 0.214. The van der Waals surface area contributed by atoms with E-state index in [0.29, 0.717) is 5.56 Å². The quantitative estimate of drug-likeness (QED) is 0.280. The highest BCUT2D eigenvalue weighted by molar-refractivity contribution is 6.35. The van der Waals surface area contributed by atoms with E-state index < -0.39 is 9.92 Å². The number of nitro groups is 1. The van der Waals surface area contributed by atoms with E-state index >= 15 is 0 Å². The summed E-state index contributed by atoms with van der Waals surface area (Å²) in [5.74, 6) is -0.258. The van der Waals surface area contributed by atoms with Gasteiger partial charge in [0.25, 0.3) is 0 Å². The van der Waals surface area contributed by atoms with Crippen LogP contribution in [-0.4, -0.2) is 15.7 Å². The lowest BCUT2D eigenvalue weighted by atomic mass is 9.94. The average molecular weight is 312 g/mol. The van der Waals surface area contributed by atoms with E-state index in [1.807, 2.05) is 19.1 Å². The van der Waals surface area contributed by atoms with Gasteiger partial charge in [0.05, 0.1) is 6.42 Å². The Morgan fingerprint density at radius 1 is 1.40 bits per heavy atom. The highest BCUT2D eigenvalue weighted by Gasteiger charge is 2.41. The second-order valence-electron chi connectivity index (χ2n) is 4.55. The molecule has 20 heavy (non-hydrogen) atoms. The Morgan fingerprint density at radius 2 is 2.05 bits per heavy atom. The third-order valence-electron chi connectivity index (χ3n) is 3.14. The van der Waals surface area contributed by atoms with Gasteiger partial charge in [-0.2, -0.15) is 0 Å². The Kier molecular flexibility index (Phi) is 3.97. The molecule has 0 aromatic heterocycles. The molecule has 0 saturated heterocycles. The Hall–Kier alpha value is -1.65. The molecule has 2 rings (SSSR count). The number of benzene rings is 1. The van der Waals surface area contributed by atoms with Gasteiger partial charge in [-0.1, -0.05) is 35.9 Å². The first-order chi connectivity index (χ1) is 9.35. The van der Waals surface area contributed by atoms with Crippen molar-refractivity contribution in [3.05, 3.63) is 68.3 Å². The predicted molar refractivity (Wildman–Crippen MR) is 77.7 cm³/mol. The molecule has 104 valence electrons. The molecule has 4 nitrogen and oxygen atoms in total. The summed E-state index contributed by atoms with van der Waals surface area (Å²) in [5.41, 5.74) is 1.59. The lowest BCUT2D eigenvalue weighted by Gasteiger charge is -2.19. The van der Waals surface area contributed by atoms with Crippen molar-refractivity contribution >= 4 is 29.0 Å². The van der Waals surface area contributed by atoms with Gasteiger partial charge in [0.1, 0.15) is 0 Å². The van der Waals surface area contributed by atoms with E-state index in [-0.39, 0.29) is 22.8 Å². The standard InChI is InChI=1S/C14H11Cl2NO3/c1-9-4-2-3-5-10(9)13(18)11-6-7-14(16,17(19)20)8-12(11)15/h2-7H,8H2,1H3. The van der Waals surface area contributed by atoms with Crippen LogP contribution in [0.2, 0.25) is 0 Å². The number of alkyl halides is 1. The number of nitrogens with zero attached hydrogens (tertiary/aromatic N) is 1. The van der Waals surface area contributed by atoms with Crippen molar-refractivity contribution in [3.8, 4) is 0 Å². The van der Waals surface area contributed by atoms with Gasteiger partial charge < -0.3 is 0 Å². The minimum absolute atomic E-state index is 0.104. The molecule has 1 unspecified atom stereocenters. The topological polar surface area (TPSA) is 60.2 Å². The van der Waals surface area contributed by atoms with Gasteiger partial charge in [-0.25, -0.2) is 0 Å². The van der Waals surface area contributed by atoms with Gasteiger partial charge in [-0.15, -0.1) is 0 Å². The molecule has 1 aromatic rings. The summed E-state index contributed by atoms with van der Waals surface area (Å²) in [5, 5.41) is 11.0. The maximum absolute atomic E-state index is 12.4. The van der Waals surface area contributed by atoms with Crippen LogP contribution in [0.3, 0.4) is 0 Å². The number of ketones is 1. The van der Waals surface area contributed by atoms with Crippen LogP contribution in [0, 0.1) is 17.0 Å². The molecule has 6 heteroatoms. The second kappa shape index (κ2) is 5.38. The van der Waals surface area contributed by atoms with Crippen LogP contribution in [0.1, 0.15) is 22.3 Å². The van der Waals surface area contributed by atoms with Crippen LogP contribution in [0.25, 0.3) is 0 Å². The summed E-state index contributed by atoms with van der Waals surface area (Å²) < 4.78 is 0. The lowest BCUT2D eigenvalue weighted by molar-refractivity contribution is -0.527. The number of halogens is 2. The summed E-state index contributed by atoms with van der Waals surface area (Å²) >= 11 is 11.9. The van der Waals surface area contributed by atoms with Gasteiger partial charge in [0.15, 0.2) is 5.78 Å². The lowest BCUT2D eigenvalue weighted by Crippen LogP contribution is -2.32. The Morgan fingerprint density at radius 3 is 2.60 bits per heavy atom. The maximum Gasteiger partial charge on any atom is 0.318 e. The Balaban J connectivity index is 2.37. The molecule has 0 spiro atoms. The number of carbonyl (C=O) groups excluding carboxylic acids is 1. The predicted octanol–water partition coefficient (Wildman–Crippen LogP) is 3.84. The zero-order valence-electron chi connectivity index (χ0n) is 10.6. The molecule has 0 heterocycles. The number of aryl methyl sites for hydroxylation is 1. The largest absolute Gasteiger partial charge is 0.318 e. The van der Waals surface area contributed by atoms with E-state index in [0.717, 1.165) is 5.56 Å². The molecule has 1 aromatic carbocycles. The SMILES string of the molecule is Cc1ccccc1C(=O)C1=C(Cl)CC(Cl)([N+](=O)[O-])C=C1. The van der Waals surface area contributed by atoms with E-state index in [1.54, 1.807) is 12.1 Å². The molecular formula is C14H11Cl2NO3. The molecule has 0 fully saturated rings. The minimum atomic E-state index is -1.77. The first-order valence-electron chi connectivity index (χ1n) is 5.87. The monoisotopic (exact) mass is 311 g/mol. The van der Waals surface area contributed by atoms with Crippen LogP contribution >= 0.6 is 23.2 Å². The van der Waals surface area contributed by atoms with Crippen molar-refractivity contribution in [3.63, 3.8) is 0 Å². The summed E-state index contributed by atoms with van der Waals surface area (Å²) in [6, 6.07) is 7.09. The van der Waals surface area contributed by atoms with Gasteiger partial charge in [0, 0.05) is 27.2 Å². The molecule has 0 N–H and O–H groups in total. The van der Waals surface area contributed by atoms with Gasteiger partial charge in [-0.3, -0.25) is 14.9 Å². The third kappa shape index (κ3) is 2.62. The number of hydrogen-bond donors (Lipinski definition) is 0. The first-order valence-corrected chi connectivity index (χ1v) is 6.62. The van der Waals surface area contributed by atoms with E-state index in [4.69, 9.17) is 23.2 Å². The molecule has 1 atom stereocenters. The number of carbonyl (C=O) groups is 1. The van der Waals surface area contributed by atoms with Crippen molar-refractivity contribution in [2.75, 3.05) is 0 Å². The molecule has 0 amide bonds. The fourth-order valence-electron chi connectivity index (χ4n) is 1.97. The van der Waals surface area contributed by atoms with Crippen molar-refractivity contribution in [1.29, 1.82) is 0 Å². The highest BCUT2D eigenvalue weighted by Crippen LogP contribution is 2.36. The van der Waals surface area contributed by atoms with E-state index in [9.17, 15) is 14.9 Å². The molecule has 0 aliphatic heterocycles. The molecular weight excluding hydrogens is 301 g/mol. The van der Waals surface area contributed by atoms with E-state index in [1.165, 1.54) is 12.2 Å². The smallest absolute Gasteiger partial charge is 0.289 e. The number of rotatable bonds is 3. The summed E-state index contributed by atoms with van der Waals surface area (Å²) in [6.45, 7) is 1.82. The van der Waals surface area contributed by atoms with Crippen LogP contribution in [0.5, 0.6) is 0 Å². The third-order valence-corrected chi connectivity index (χ3v) is 3.87. The normalized spacial score (nSPS) is 21.9. The van der Waals surface area contributed by atoms with Gasteiger partial charge in [0.2, 0.25) is 0 Å².